The van der Waals surface area contributed by atoms with Crippen molar-refractivity contribution in [3.05, 3.63) is 46.9 Å². The summed E-state index contributed by atoms with van der Waals surface area (Å²) in [5.41, 5.74) is 1.10. The Bertz CT molecular complexity index is 976. The molecule has 0 saturated heterocycles. The maximum Gasteiger partial charge on any atom is 0.342 e. The summed E-state index contributed by atoms with van der Waals surface area (Å²) in [6.07, 6.45) is 0. The van der Waals surface area contributed by atoms with Crippen LogP contribution in [-0.2, 0) is 19.6 Å². The quantitative estimate of drug-likeness (QED) is 0.753. The van der Waals surface area contributed by atoms with Crippen molar-refractivity contribution < 1.29 is 27.2 Å². The fourth-order valence-corrected chi connectivity index (χ4v) is 3.54. The number of sulfonamides is 1. The Labute approximate surface area is 158 Å². The number of amides is 1. The molecule has 8 nitrogen and oxygen atoms in total. The first-order chi connectivity index (χ1) is 12.5. The summed E-state index contributed by atoms with van der Waals surface area (Å²) in [5.74, 6) is -0.272. The van der Waals surface area contributed by atoms with Gasteiger partial charge in [-0.2, -0.15) is 0 Å². The molecule has 0 spiro atoms. The zero-order valence-corrected chi connectivity index (χ0v) is 16.6. The van der Waals surface area contributed by atoms with Crippen molar-refractivity contribution in [1.29, 1.82) is 0 Å². The predicted octanol–water partition coefficient (Wildman–Crippen LogP) is 2.25. The Morgan fingerprint density at radius 3 is 2.37 bits per heavy atom. The van der Waals surface area contributed by atoms with Gasteiger partial charge in [-0.05, 0) is 44.5 Å². The van der Waals surface area contributed by atoms with E-state index in [0.29, 0.717) is 17.1 Å². The zero-order chi connectivity index (χ0) is 20.4. The molecule has 0 radical (unpaired) electrons. The highest BCUT2D eigenvalue weighted by Crippen LogP contribution is 2.22. The van der Waals surface area contributed by atoms with Gasteiger partial charge in [-0.25, -0.2) is 17.5 Å². The van der Waals surface area contributed by atoms with Crippen LogP contribution in [-0.4, -0.2) is 45.3 Å². The molecule has 0 saturated carbocycles. The van der Waals surface area contributed by atoms with E-state index in [1.54, 1.807) is 32.9 Å². The highest BCUT2D eigenvalue weighted by atomic mass is 32.2. The molecular formula is C18H22N2O6S. The molecule has 1 amide bonds. The van der Waals surface area contributed by atoms with Gasteiger partial charge in [0.05, 0.1) is 4.90 Å². The van der Waals surface area contributed by atoms with Gasteiger partial charge >= 0.3 is 5.97 Å². The topological polar surface area (TPSA) is 106 Å². The van der Waals surface area contributed by atoms with Crippen LogP contribution in [0.4, 0.5) is 5.69 Å². The van der Waals surface area contributed by atoms with Gasteiger partial charge in [0.2, 0.25) is 10.0 Å². The van der Waals surface area contributed by atoms with Crippen LogP contribution in [0.5, 0.6) is 0 Å². The molecule has 2 rings (SSSR count). The molecule has 0 aliphatic carbocycles. The number of furan rings is 1. The number of benzene rings is 1. The number of ether oxygens (including phenoxy) is 1. The number of nitrogens with one attached hydrogen (secondary N) is 1. The minimum Gasteiger partial charge on any atom is -0.466 e. The van der Waals surface area contributed by atoms with Gasteiger partial charge in [-0.3, -0.25) is 4.79 Å². The first-order valence-electron chi connectivity index (χ1n) is 8.09. The van der Waals surface area contributed by atoms with Gasteiger partial charge in [0, 0.05) is 19.8 Å². The van der Waals surface area contributed by atoms with Crippen LogP contribution in [0.15, 0.2) is 33.6 Å². The smallest absolute Gasteiger partial charge is 0.342 e. The van der Waals surface area contributed by atoms with Crippen LogP contribution >= 0.6 is 0 Å². The third-order valence-corrected chi connectivity index (χ3v) is 5.78. The Morgan fingerprint density at radius 1 is 1.15 bits per heavy atom. The molecule has 2 aromatic rings. The summed E-state index contributed by atoms with van der Waals surface area (Å²) >= 11 is 0. The molecule has 0 aliphatic heterocycles. The lowest BCUT2D eigenvalue weighted by molar-refractivity contribution is -0.119. The van der Waals surface area contributed by atoms with E-state index in [-0.39, 0.29) is 16.1 Å². The fraction of sp³-hybridized carbons (Fsp3) is 0.333. The minimum absolute atomic E-state index is 0.0896. The van der Waals surface area contributed by atoms with Crippen molar-refractivity contribution in [3.8, 4) is 0 Å². The van der Waals surface area contributed by atoms with Crippen LogP contribution in [0.25, 0.3) is 0 Å². The number of rotatable bonds is 6. The monoisotopic (exact) mass is 394 g/mol. The van der Waals surface area contributed by atoms with Crippen molar-refractivity contribution in [2.45, 2.75) is 25.7 Å². The molecule has 0 bridgehead atoms. The Balaban J connectivity index is 2.06. The standard InChI is InChI=1S/C18H22N2O6S/c1-11-6-7-14(9-16(11)27(23,24)20(4)5)19-17(21)10-25-18(22)15-8-12(2)26-13(15)3/h6-9H,10H2,1-5H3,(H,19,21). The van der Waals surface area contributed by atoms with Crippen molar-refractivity contribution in [2.75, 3.05) is 26.0 Å². The van der Waals surface area contributed by atoms with E-state index >= 15 is 0 Å². The van der Waals surface area contributed by atoms with Gasteiger partial charge in [0.15, 0.2) is 6.61 Å². The summed E-state index contributed by atoms with van der Waals surface area (Å²) < 4.78 is 36.0. The maximum absolute atomic E-state index is 12.3. The number of hydrogen-bond acceptors (Lipinski definition) is 6. The lowest BCUT2D eigenvalue weighted by Crippen LogP contribution is -2.24. The lowest BCUT2D eigenvalue weighted by atomic mass is 10.2. The first kappa shape index (κ1) is 20.7. The largest absolute Gasteiger partial charge is 0.466 e. The van der Waals surface area contributed by atoms with E-state index < -0.39 is 28.5 Å². The number of carbonyl (C=O) groups is 2. The van der Waals surface area contributed by atoms with Crippen LogP contribution in [0.1, 0.15) is 27.4 Å². The van der Waals surface area contributed by atoms with Crippen LogP contribution in [0.2, 0.25) is 0 Å². The molecule has 27 heavy (non-hydrogen) atoms. The number of nitrogens with zero attached hydrogens (tertiary/aromatic N) is 1. The van der Waals surface area contributed by atoms with Crippen LogP contribution in [0, 0.1) is 20.8 Å². The molecule has 0 fully saturated rings. The van der Waals surface area contributed by atoms with Crippen molar-refractivity contribution in [1.82, 2.24) is 4.31 Å². The van der Waals surface area contributed by atoms with Crippen LogP contribution < -0.4 is 5.32 Å². The van der Waals surface area contributed by atoms with Gasteiger partial charge in [0.1, 0.15) is 17.1 Å². The molecule has 0 unspecified atom stereocenters. The van der Waals surface area contributed by atoms with Gasteiger partial charge in [0.25, 0.3) is 5.91 Å². The second-order valence-electron chi connectivity index (χ2n) is 6.22. The van der Waals surface area contributed by atoms with Gasteiger partial charge < -0.3 is 14.5 Å². The SMILES string of the molecule is Cc1cc(C(=O)OCC(=O)Nc2ccc(C)c(S(=O)(=O)N(C)C)c2)c(C)o1. The highest BCUT2D eigenvalue weighted by molar-refractivity contribution is 7.89. The summed E-state index contributed by atoms with van der Waals surface area (Å²) in [4.78, 5) is 24.1. The van der Waals surface area contributed by atoms with E-state index in [2.05, 4.69) is 5.32 Å². The second kappa shape index (κ2) is 7.93. The summed E-state index contributed by atoms with van der Waals surface area (Å²) in [7, 11) is -0.785. The zero-order valence-electron chi connectivity index (χ0n) is 15.8. The number of anilines is 1. The van der Waals surface area contributed by atoms with Gasteiger partial charge in [-0.15, -0.1) is 0 Å². The highest BCUT2D eigenvalue weighted by Gasteiger charge is 2.21. The van der Waals surface area contributed by atoms with Crippen molar-refractivity contribution in [3.63, 3.8) is 0 Å². The molecule has 1 aromatic carbocycles. The number of hydrogen-bond donors (Lipinski definition) is 1. The van der Waals surface area contributed by atoms with Gasteiger partial charge in [-0.1, -0.05) is 6.07 Å². The normalized spacial score (nSPS) is 11.5. The molecule has 1 heterocycles. The Kier molecular flexibility index (Phi) is 6.07. The average Bonchev–Trinajstić information content (AvgIpc) is 2.92. The van der Waals surface area contributed by atoms with E-state index in [0.717, 1.165) is 4.31 Å². The summed E-state index contributed by atoms with van der Waals surface area (Å²) in [6.45, 7) is 4.49. The molecule has 146 valence electrons. The molecule has 1 aromatic heterocycles. The minimum atomic E-state index is -3.64. The lowest BCUT2D eigenvalue weighted by Gasteiger charge is -2.15. The average molecular weight is 394 g/mol. The second-order valence-corrected chi connectivity index (χ2v) is 8.34. The molecule has 0 atom stereocenters. The number of esters is 1. The number of aryl methyl sites for hydroxylation is 3. The predicted molar refractivity (Wildman–Crippen MR) is 99.1 cm³/mol. The molecule has 0 aliphatic rings. The molecular weight excluding hydrogens is 372 g/mol. The molecule has 1 N–H and O–H groups in total. The summed E-state index contributed by atoms with van der Waals surface area (Å²) in [6, 6.07) is 6.07. The fourth-order valence-electron chi connectivity index (χ4n) is 2.39. The summed E-state index contributed by atoms with van der Waals surface area (Å²) in [5, 5.41) is 2.52. The Morgan fingerprint density at radius 2 is 1.81 bits per heavy atom. The third kappa shape index (κ3) is 4.75. The molecule has 9 heteroatoms. The van der Waals surface area contributed by atoms with E-state index in [4.69, 9.17) is 9.15 Å². The van der Waals surface area contributed by atoms with Crippen LogP contribution in [0.3, 0.4) is 0 Å². The number of carbonyl (C=O) groups excluding carboxylic acids is 2. The van der Waals surface area contributed by atoms with Crippen molar-refractivity contribution in [2.24, 2.45) is 0 Å². The van der Waals surface area contributed by atoms with Crippen molar-refractivity contribution >= 4 is 27.6 Å². The first-order valence-corrected chi connectivity index (χ1v) is 9.53. The van der Waals surface area contributed by atoms with E-state index in [1.165, 1.54) is 26.2 Å². The third-order valence-electron chi connectivity index (χ3n) is 3.83. The Hall–Kier alpha value is -2.65. The van der Waals surface area contributed by atoms with E-state index in [1.807, 2.05) is 0 Å². The van der Waals surface area contributed by atoms with E-state index in [9.17, 15) is 18.0 Å². The maximum atomic E-state index is 12.3.